The van der Waals surface area contributed by atoms with E-state index in [0.29, 0.717) is 23.7 Å². The summed E-state index contributed by atoms with van der Waals surface area (Å²) in [6, 6.07) is 14.6. The summed E-state index contributed by atoms with van der Waals surface area (Å²) < 4.78 is 5.07. The van der Waals surface area contributed by atoms with Crippen LogP contribution in [0.4, 0.5) is 10.5 Å². The summed E-state index contributed by atoms with van der Waals surface area (Å²) in [5, 5.41) is 8.19. The SMILES string of the molecule is Cc1ccc(NC(=O)CNC(=O)CCCNC(=O)OCc2ccccc2)c(Cl)c1. The van der Waals surface area contributed by atoms with Crippen LogP contribution in [0.25, 0.3) is 0 Å². The Morgan fingerprint density at radius 1 is 1.00 bits per heavy atom. The molecule has 7 nitrogen and oxygen atoms in total. The summed E-state index contributed by atoms with van der Waals surface area (Å²) >= 11 is 6.06. The van der Waals surface area contributed by atoms with E-state index in [-0.39, 0.29) is 31.4 Å². The number of ether oxygens (including phenoxy) is 1. The molecule has 0 aliphatic heterocycles. The van der Waals surface area contributed by atoms with Crippen molar-refractivity contribution in [3.63, 3.8) is 0 Å². The molecule has 0 spiro atoms. The fourth-order valence-electron chi connectivity index (χ4n) is 2.40. The van der Waals surface area contributed by atoms with Crippen molar-refractivity contribution in [2.75, 3.05) is 18.4 Å². The van der Waals surface area contributed by atoms with Gasteiger partial charge in [0.25, 0.3) is 0 Å². The molecule has 0 unspecified atom stereocenters. The summed E-state index contributed by atoms with van der Waals surface area (Å²) in [7, 11) is 0. The minimum atomic E-state index is -0.538. The monoisotopic (exact) mass is 417 g/mol. The van der Waals surface area contributed by atoms with E-state index in [0.717, 1.165) is 11.1 Å². The minimum Gasteiger partial charge on any atom is -0.445 e. The van der Waals surface area contributed by atoms with E-state index in [1.807, 2.05) is 43.3 Å². The van der Waals surface area contributed by atoms with Crippen LogP contribution in [0.1, 0.15) is 24.0 Å². The molecule has 0 saturated heterocycles. The van der Waals surface area contributed by atoms with Gasteiger partial charge >= 0.3 is 6.09 Å². The molecule has 0 saturated carbocycles. The fourth-order valence-corrected chi connectivity index (χ4v) is 2.68. The molecule has 0 radical (unpaired) electrons. The molecule has 0 atom stereocenters. The Morgan fingerprint density at radius 3 is 2.48 bits per heavy atom. The van der Waals surface area contributed by atoms with Gasteiger partial charge in [0.05, 0.1) is 17.3 Å². The lowest BCUT2D eigenvalue weighted by Crippen LogP contribution is -2.33. The average Bonchev–Trinajstić information content (AvgIpc) is 2.71. The second-order valence-corrected chi connectivity index (χ2v) is 6.81. The first-order chi connectivity index (χ1) is 13.9. The molecule has 0 aromatic heterocycles. The van der Waals surface area contributed by atoms with Gasteiger partial charge < -0.3 is 20.7 Å². The van der Waals surface area contributed by atoms with Gasteiger partial charge in [-0.25, -0.2) is 4.79 Å². The molecule has 0 heterocycles. The number of aryl methyl sites for hydroxylation is 1. The number of alkyl carbamates (subject to hydrolysis) is 1. The van der Waals surface area contributed by atoms with Gasteiger partial charge in [0.15, 0.2) is 0 Å². The van der Waals surface area contributed by atoms with Gasteiger partial charge in [0, 0.05) is 13.0 Å². The van der Waals surface area contributed by atoms with E-state index in [1.54, 1.807) is 12.1 Å². The Hall–Kier alpha value is -3.06. The van der Waals surface area contributed by atoms with E-state index >= 15 is 0 Å². The van der Waals surface area contributed by atoms with Crippen molar-refractivity contribution >= 4 is 35.2 Å². The van der Waals surface area contributed by atoms with Gasteiger partial charge in [-0.1, -0.05) is 48.0 Å². The normalized spacial score (nSPS) is 10.1. The highest BCUT2D eigenvalue weighted by atomic mass is 35.5. The molecule has 0 fully saturated rings. The molecule has 0 bridgehead atoms. The zero-order valence-corrected chi connectivity index (χ0v) is 16.9. The summed E-state index contributed by atoms with van der Waals surface area (Å²) in [5.41, 5.74) is 2.38. The summed E-state index contributed by atoms with van der Waals surface area (Å²) in [4.78, 5) is 35.3. The Kier molecular flexibility index (Phi) is 8.98. The van der Waals surface area contributed by atoms with Gasteiger partial charge in [0.2, 0.25) is 11.8 Å². The molecule has 154 valence electrons. The van der Waals surface area contributed by atoms with Crippen LogP contribution in [0.2, 0.25) is 5.02 Å². The number of amides is 3. The fraction of sp³-hybridized carbons (Fsp3) is 0.286. The van der Waals surface area contributed by atoms with Crippen LogP contribution in [-0.2, 0) is 20.9 Å². The average molecular weight is 418 g/mol. The number of anilines is 1. The lowest BCUT2D eigenvalue weighted by molar-refractivity contribution is -0.124. The van der Waals surface area contributed by atoms with Gasteiger partial charge in [-0.15, -0.1) is 0 Å². The van der Waals surface area contributed by atoms with Crippen molar-refractivity contribution in [2.24, 2.45) is 0 Å². The molecule has 8 heteroatoms. The maximum Gasteiger partial charge on any atom is 0.407 e. The van der Waals surface area contributed by atoms with Crippen LogP contribution in [0, 0.1) is 6.92 Å². The first kappa shape index (κ1) is 22.2. The van der Waals surface area contributed by atoms with Crippen LogP contribution < -0.4 is 16.0 Å². The van der Waals surface area contributed by atoms with Crippen molar-refractivity contribution < 1.29 is 19.1 Å². The summed E-state index contributed by atoms with van der Waals surface area (Å²) in [5.74, 6) is -0.652. The molecule has 2 rings (SSSR count). The Balaban J connectivity index is 1.56. The predicted molar refractivity (Wildman–Crippen MR) is 112 cm³/mol. The predicted octanol–water partition coefficient (Wildman–Crippen LogP) is 3.41. The number of benzene rings is 2. The van der Waals surface area contributed by atoms with Crippen molar-refractivity contribution in [3.8, 4) is 0 Å². The van der Waals surface area contributed by atoms with E-state index in [1.165, 1.54) is 0 Å². The lowest BCUT2D eigenvalue weighted by atomic mass is 10.2. The van der Waals surface area contributed by atoms with E-state index in [2.05, 4.69) is 16.0 Å². The second-order valence-electron chi connectivity index (χ2n) is 6.40. The zero-order chi connectivity index (χ0) is 21.1. The van der Waals surface area contributed by atoms with Crippen LogP contribution in [0.3, 0.4) is 0 Å². The Bertz CT molecular complexity index is 843. The first-order valence-electron chi connectivity index (χ1n) is 9.21. The molecule has 3 amide bonds. The largest absolute Gasteiger partial charge is 0.445 e. The quantitative estimate of drug-likeness (QED) is 0.545. The maximum absolute atomic E-state index is 11.9. The minimum absolute atomic E-state index is 0.157. The molecular formula is C21H24ClN3O4. The van der Waals surface area contributed by atoms with Crippen LogP contribution in [-0.4, -0.2) is 31.0 Å². The number of rotatable bonds is 9. The van der Waals surface area contributed by atoms with Crippen LogP contribution in [0.5, 0.6) is 0 Å². The lowest BCUT2D eigenvalue weighted by Gasteiger charge is -2.09. The molecule has 29 heavy (non-hydrogen) atoms. The van der Waals surface area contributed by atoms with Crippen molar-refractivity contribution in [1.29, 1.82) is 0 Å². The summed E-state index contributed by atoms with van der Waals surface area (Å²) in [6.07, 6.45) is 0.0680. The molecule has 2 aromatic rings. The highest BCUT2D eigenvalue weighted by Gasteiger charge is 2.09. The molecule has 2 aromatic carbocycles. The topological polar surface area (TPSA) is 96.5 Å². The Morgan fingerprint density at radius 2 is 1.76 bits per heavy atom. The second kappa shape index (κ2) is 11.7. The third kappa shape index (κ3) is 8.66. The zero-order valence-electron chi connectivity index (χ0n) is 16.2. The number of nitrogens with one attached hydrogen (secondary N) is 3. The highest BCUT2D eigenvalue weighted by Crippen LogP contribution is 2.22. The summed E-state index contributed by atoms with van der Waals surface area (Å²) in [6.45, 7) is 2.23. The van der Waals surface area contributed by atoms with Crippen molar-refractivity contribution in [3.05, 3.63) is 64.7 Å². The number of halogens is 1. The van der Waals surface area contributed by atoms with Gasteiger partial charge in [-0.3, -0.25) is 9.59 Å². The number of hydrogen-bond donors (Lipinski definition) is 3. The van der Waals surface area contributed by atoms with Gasteiger partial charge in [0.1, 0.15) is 6.61 Å². The Labute approximate surface area is 174 Å². The van der Waals surface area contributed by atoms with E-state index < -0.39 is 6.09 Å². The van der Waals surface area contributed by atoms with Gasteiger partial charge in [-0.05, 0) is 36.6 Å². The van der Waals surface area contributed by atoms with E-state index in [4.69, 9.17) is 16.3 Å². The highest BCUT2D eigenvalue weighted by molar-refractivity contribution is 6.33. The molecule has 0 aliphatic rings. The molecular weight excluding hydrogens is 394 g/mol. The van der Waals surface area contributed by atoms with Crippen molar-refractivity contribution in [1.82, 2.24) is 10.6 Å². The number of carbonyl (C=O) groups is 3. The van der Waals surface area contributed by atoms with E-state index in [9.17, 15) is 14.4 Å². The third-order valence-electron chi connectivity index (χ3n) is 3.91. The van der Waals surface area contributed by atoms with Crippen LogP contribution in [0.15, 0.2) is 48.5 Å². The first-order valence-corrected chi connectivity index (χ1v) is 9.59. The standard InChI is InChI=1S/C21H24ClN3O4/c1-15-9-10-18(17(22)12-15)25-20(27)13-24-19(26)8-5-11-23-21(28)29-14-16-6-3-2-4-7-16/h2-4,6-7,9-10,12H,5,8,11,13-14H2,1H3,(H,23,28)(H,24,26)(H,25,27). The number of hydrogen-bond acceptors (Lipinski definition) is 4. The van der Waals surface area contributed by atoms with Gasteiger partial charge in [-0.2, -0.15) is 0 Å². The third-order valence-corrected chi connectivity index (χ3v) is 4.22. The smallest absolute Gasteiger partial charge is 0.407 e. The molecule has 0 aliphatic carbocycles. The van der Waals surface area contributed by atoms with Crippen molar-refractivity contribution in [2.45, 2.75) is 26.4 Å². The maximum atomic E-state index is 11.9. The number of carbonyl (C=O) groups excluding carboxylic acids is 3. The van der Waals surface area contributed by atoms with Crippen LogP contribution >= 0.6 is 11.6 Å². The molecule has 3 N–H and O–H groups in total.